The predicted octanol–water partition coefficient (Wildman–Crippen LogP) is 4.17. The number of fused-ring (bicyclic) bond motifs is 1. The van der Waals surface area contributed by atoms with Gasteiger partial charge in [0.15, 0.2) is 0 Å². The molecule has 0 spiro atoms. The molecular weight excluding hydrogens is 321 g/mol. The summed E-state index contributed by atoms with van der Waals surface area (Å²) >= 11 is 12.0. The minimum Gasteiger partial charge on any atom is -0.308 e. The van der Waals surface area contributed by atoms with E-state index >= 15 is 0 Å². The number of aldehydes is 1. The molecule has 5 heteroatoms. The average Bonchev–Trinajstić information content (AvgIpc) is 2.52. The lowest BCUT2D eigenvalue weighted by atomic mass is 9.99. The second-order valence-electron chi connectivity index (χ2n) is 4.84. The van der Waals surface area contributed by atoms with E-state index in [1.165, 1.54) is 4.57 Å². The van der Waals surface area contributed by atoms with Gasteiger partial charge in [0.25, 0.3) is 5.56 Å². The van der Waals surface area contributed by atoms with Crippen LogP contribution in [0.25, 0.3) is 21.9 Å². The number of hydrogen-bond acceptors (Lipinski definition) is 2. The Morgan fingerprint density at radius 1 is 1.05 bits per heavy atom. The average molecular weight is 332 g/mol. The van der Waals surface area contributed by atoms with Gasteiger partial charge in [-0.2, -0.15) is 0 Å². The molecule has 0 N–H and O–H groups in total. The molecule has 0 fully saturated rings. The number of nitrogens with zero attached hydrogens (tertiary/aromatic N) is 1. The quantitative estimate of drug-likeness (QED) is 0.675. The fourth-order valence-corrected chi connectivity index (χ4v) is 2.76. The van der Waals surface area contributed by atoms with Crippen LogP contribution in [0.4, 0.5) is 0 Å². The zero-order valence-corrected chi connectivity index (χ0v) is 12.9. The Morgan fingerprint density at radius 2 is 1.86 bits per heavy atom. The van der Waals surface area contributed by atoms with Gasteiger partial charge in [-0.05, 0) is 34.7 Å². The van der Waals surface area contributed by atoms with Crippen LogP contribution in [0.3, 0.4) is 0 Å². The van der Waals surface area contributed by atoms with Crippen LogP contribution in [0.5, 0.6) is 0 Å². The number of hydrogen-bond donors (Lipinski definition) is 0. The van der Waals surface area contributed by atoms with Crippen LogP contribution in [0.2, 0.25) is 10.0 Å². The summed E-state index contributed by atoms with van der Waals surface area (Å²) in [6, 6.07) is 12.7. The molecule has 0 atom stereocenters. The first-order valence-corrected chi connectivity index (χ1v) is 7.38. The third-order valence-electron chi connectivity index (χ3n) is 3.51. The fourth-order valence-electron chi connectivity index (χ4n) is 2.46. The van der Waals surface area contributed by atoms with Crippen molar-refractivity contribution in [2.45, 2.75) is 6.54 Å². The molecule has 3 aromatic rings. The van der Waals surface area contributed by atoms with Crippen LogP contribution >= 0.6 is 23.2 Å². The Hall–Kier alpha value is -2.10. The van der Waals surface area contributed by atoms with Crippen molar-refractivity contribution < 1.29 is 4.79 Å². The third kappa shape index (κ3) is 2.54. The first-order valence-electron chi connectivity index (χ1n) is 6.63. The summed E-state index contributed by atoms with van der Waals surface area (Å²) in [6.07, 6.45) is 2.33. The van der Waals surface area contributed by atoms with E-state index in [4.69, 9.17) is 23.2 Å². The SMILES string of the molecule is O=CCn1ccc2cccc(-c3ccc(Cl)c(Cl)c3)c2c1=O. The van der Waals surface area contributed by atoms with Crippen molar-refractivity contribution in [1.29, 1.82) is 0 Å². The van der Waals surface area contributed by atoms with Crippen molar-refractivity contribution in [1.82, 2.24) is 4.57 Å². The Balaban J connectivity index is 2.33. The van der Waals surface area contributed by atoms with Crippen LogP contribution < -0.4 is 5.56 Å². The van der Waals surface area contributed by atoms with Crippen molar-refractivity contribution in [3.8, 4) is 11.1 Å². The maximum absolute atomic E-state index is 12.6. The number of carbonyl (C=O) groups is 1. The molecule has 3 rings (SSSR count). The molecule has 22 heavy (non-hydrogen) atoms. The standard InChI is InChI=1S/C17H11Cl2NO2/c18-14-5-4-12(10-15(14)19)13-3-1-2-11-6-7-20(8-9-21)17(22)16(11)13/h1-7,9-10H,8H2. The molecular formula is C17H11Cl2NO2. The lowest BCUT2D eigenvalue weighted by Gasteiger charge is -2.09. The summed E-state index contributed by atoms with van der Waals surface area (Å²) in [5.74, 6) is 0. The zero-order valence-electron chi connectivity index (χ0n) is 11.4. The number of rotatable bonds is 3. The molecule has 110 valence electrons. The summed E-state index contributed by atoms with van der Waals surface area (Å²) in [5.41, 5.74) is 1.37. The normalized spacial score (nSPS) is 10.8. The maximum Gasteiger partial charge on any atom is 0.259 e. The molecule has 0 saturated heterocycles. The number of pyridine rings is 1. The molecule has 0 radical (unpaired) electrons. The Bertz CT molecular complexity index is 932. The lowest BCUT2D eigenvalue weighted by Crippen LogP contribution is -2.20. The molecule has 3 nitrogen and oxygen atoms in total. The summed E-state index contributed by atoms with van der Waals surface area (Å²) in [4.78, 5) is 23.3. The molecule has 0 aliphatic heterocycles. The summed E-state index contributed by atoms with van der Waals surface area (Å²) < 4.78 is 1.39. The van der Waals surface area contributed by atoms with E-state index in [1.807, 2.05) is 30.3 Å². The van der Waals surface area contributed by atoms with E-state index in [2.05, 4.69) is 0 Å². The first kappa shape index (κ1) is 14.8. The van der Waals surface area contributed by atoms with Gasteiger partial charge in [-0.1, -0.05) is 47.5 Å². The molecule has 2 aromatic carbocycles. The van der Waals surface area contributed by atoms with Crippen molar-refractivity contribution in [3.63, 3.8) is 0 Å². The van der Waals surface area contributed by atoms with Crippen LogP contribution in [-0.4, -0.2) is 10.9 Å². The highest BCUT2D eigenvalue weighted by Gasteiger charge is 2.10. The molecule has 1 aromatic heterocycles. The Morgan fingerprint density at radius 3 is 2.59 bits per heavy atom. The minimum atomic E-state index is -0.203. The van der Waals surface area contributed by atoms with Crippen LogP contribution in [0.15, 0.2) is 53.5 Å². The molecule has 0 unspecified atom stereocenters. The van der Waals surface area contributed by atoms with Gasteiger partial charge < -0.3 is 9.36 Å². The van der Waals surface area contributed by atoms with Crippen molar-refractivity contribution >= 4 is 40.3 Å². The van der Waals surface area contributed by atoms with E-state index in [0.717, 1.165) is 16.5 Å². The molecule has 0 aliphatic rings. The van der Waals surface area contributed by atoms with Gasteiger partial charge in [0.1, 0.15) is 6.29 Å². The minimum absolute atomic E-state index is 0.0322. The van der Waals surface area contributed by atoms with Crippen LogP contribution in [-0.2, 0) is 11.3 Å². The lowest BCUT2D eigenvalue weighted by molar-refractivity contribution is -0.108. The smallest absolute Gasteiger partial charge is 0.259 e. The first-order chi connectivity index (χ1) is 10.6. The van der Waals surface area contributed by atoms with Gasteiger partial charge in [0, 0.05) is 6.20 Å². The number of carbonyl (C=O) groups excluding carboxylic acids is 1. The van der Waals surface area contributed by atoms with Gasteiger partial charge >= 0.3 is 0 Å². The van der Waals surface area contributed by atoms with E-state index in [0.29, 0.717) is 21.7 Å². The molecule has 0 bridgehead atoms. The van der Waals surface area contributed by atoms with Crippen LogP contribution in [0.1, 0.15) is 0 Å². The van der Waals surface area contributed by atoms with E-state index in [1.54, 1.807) is 18.3 Å². The molecule has 0 saturated carbocycles. The van der Waals surface area contributed by atoms with Crippen LogP contribution in [0, 0.1) is 0 Å². The van der Waals surface area contributed by atoms with Gasteiger partial charge in [-0.25, -0.2) is 0 Å². The van der Waals surface area contributed by atoms with Gasteiger partial charge in [0.05, 0.1) is 22.0 Å². The monoisotopic (exact) mass is 331 g/mol. The van der Waals surface area contributed by atoms with Gasteiger partial charge in [-0.3, -0.25) is 4.79 Å². The summed E-state index contributed by atoms with van der Waals surface area (Å²) in [7, 11) is 0. The number of benzene rings is 2. The van der Waals surface area contributed by atoms with E-state index in [9.17, 15) is 9.59 Å². The number of halogens is 2. The highest BCUT2D eigenvalue weighted by Crippen LogP contribution is 2.31. The van der Waals surface area contributed by atoms with Crippen molar-refractivity contribution in [2.24, 2.45) is 0 Å². The van der Waals surface area contributed by atoms with Gasteiger partial charge in [0.2, 0.25) is 0 Å². The predicted molar refractivity (Wildman–Crippen MR) is 89.7 cm³/mol. The topological polar surface area (TPSA) is 39.1 Å². The van der Waals surface area contributed by atoms with Crippen molar-refractivity contribution in [3.05, 3.63) is 69.1 Å². The molecule has 0 amide bonds. The van der Waals surface area contributed by atoms with Crippen molar-refractivity contribution in [2.75, 3.05) is 0 Å². The molecule has 1 heterocycles. The van der Waals surface area contributed by atoms with Gasteiger partial charge in [-0.15, -0.1) is 0 Å². The highest BCUT2D eigenvalue weighted by atomic mass is 35.5. The van der Waals surface area contributed by atoms with E-state index < -0.39 is 0 Å². The Labute approximate surface area is 136 Å². The zero-order chi connectivity index (χ0) is 15.7. The molecule has 0 aliphatic carbocycles. The van der Waals surface area contributed by atoms with E-state index in [-0.39, 0.29) is 12.1 Å². The summed E-state index contributed by atoms with van der Waals surface area (Å²) in [5, 5.41) is 2.27. The second kappa shape index (κ2) is 5.95. The summed E-state index contributed by atoms with van der Waals surface area (Å²) in [6.45, 7) is 0.0322. The largest absolute Gasteiger partial charge is 0.308 e. The fraction of sp³-hybridized carbons (Fsp3) is 0.0588. The number of aromatic nitrogens is 1. The maximum atomic E-state index is 12.6. The highest BCUT2D eigenvalue weighted by molar-refractivity contribution is 6.42. The third-order valence-corrected chi connectivity index (χ3v) is 4.25. The second-order valence-corrected chi connectivity index (χ2v) is 5.65. The Kier molecular flexibility index (Phi) is 4.01.